The maximum Gasteiger partial charge on any atom is 0.303 e. The number of hydrogen-bond acceptors (Lipinski definition) is 7. The van der Waals surface area contributed by atoms with Crippen molar-refractivity contribution in [3.05, 3.63) is 66.9 Å². The van der Waals surface area contributed by atoms with Gasteiger partial charge in [0.2, 0.25) is 11.9 Å². The predicted molar refractivity (Wildman–Crippen MR) is 133 cm³/mol. The summed E-state index contributed by atoms with van der Waals surface area (Å²) < 4.78 is 11.9. The number of hydrogen-bond donors (Lipinski definition) is 3. The summed E-state index contributed by atoms with van der Waals surface area (Å²) in [5, 5.41) is 15.0. The van der Waals surface area contributed by atoms with Crippen LogP contribution in [0.5, 0.6) is 0 Å². The van der Waals surface area contributed by atoms with Gasteiger partial charge in [0.1, 0.15) is 12.2 Å². The van der Waals surface area contributed by atoms with E-state index >= 15 is 0 Å². The number of benzene rings is 2. The number of aromatic nitrogens is 2. The number of carboxylic acid groups (broad SMARTS) is 1. The number of amides is 1. The quantitative estimate of drug-likeness (QED) is 0.420. The van der Waals surface area contributed by atoms with Gasteiger partial charge in [-0.25, -0.2) is 9.97 Å². The topological polar surface area (TPSA) is 123 Å². The number of nitrogens with one attached hydrogen (secondary N) is 2. The van der Waals surface area contributed by atoms with E-state index in [4.69, 9.17) is 14.6 Å². The summed E-state index contributed by atoms with van der Waals surface area (Å²) in [6.45, 7) is 0.743. The van der Waals surface area contributed by atoms with Gasteiger partial charge in [-0.05, 0) is 23.6 Å². The summed E-state index contributed by atoms with van der Waals surface area (Å²) in [6, 6.07) is 19.9. The molecule has 1 aromatic heterocycles. The van der Waals surface area contributed by atoms with E-state index in [2.05, 4.69) is 44.9 Å². The molecule has 2 saturated heterocycles. The van der Waals surface area contributed by atoms with Crippen LogP contribution in [-0.4, -0.2) is 64.5 Å². The zero-order valence-corrected chi connectivity index (χ0v) is 19.7. The molecule has 9 heteroatoms. The summed E-state index contributed by atoms with van der Waals surface area (Å²) >= 11 is 0. The Labute approximate surface area is 208 Å². The molecule has 0 spiro atoms. The van der Waals surface area contributed by atoms with Crippen LogP contribution in [0.3, 0.4) is 0 Å². The minimum absolute atomic E-state index is 0.0284. The third-order valence-corrected chi connectivity index (χ3v) is 6.45. The van der Waals surface area contributed by atoms with Crippen LogP contribution < -0.4 is 10.6 Å². The van der Waals surface area contributed by atoms with Crippen LogP contribution in [0.15, 0.2) is 66.9 Å². The molecule has 0 saturated carbocycles. The maximum absolute atomic E-state index is 12.2. The van der Waals surface area contributed by atoms with Gasteiger partial charge in [0, 0.05) is 24.6 Å². The van der Waals surface area contributed by atoms with Gasteiger partial charge in [0.05, 0.1) is 31.0 Å². The molecule has 2 aromatic carbocycles. The molecular formula is C27H28N4O5. The average molecular weight is 489 g/mol. The van der Waals surface area contributed by atoms with Crippen molar-refractivity contribution in [1.82, 2.24) is 15.3 Å². The van der Waals surface area contributed by atoms with Gasteiger partial charge >= 0.3 is 5.97 Å². The molecule has 36 heavy (non-hydrogen) atoms. The van der Waals surface area contributed by atoms with E-state index in [9.17, 15) is 9.59 Å². The lowest BCUT2D eigenvalue weighted by Gasteiger charge is -2.18. The van der Waals surface area contributed by atoms with Crippen molar-refractivity contribution >= 4 is 17.8 Å². The zero-order valence-electron chi connectivity index (χ0n) is 19.7. The van der Waals surface area contributed by atoms with Crippen LogP contribution in [0.2, 0.25) is 0 Å². The van der Waals surface area contributed by atoms with Crippen molar-refractivity contribution in [2.75, 3.05) is 18.5 Å². The fraction of sp³-hybridized carbons (Fsp3) is 0.333. The van der Waals surface area contributed by atoms with E-state index in [1.807, 2.05) is 36.4 Å². The third-order valence-electron chi connectivity index (χ3n) is 6.45. The molecule has 3 heterocycles. The normalized spacial score (nSPS) is 22.7. The molecule has 2 fully saturated rings. The minimum Gasteiger partial charge on any atom is -0.481 e. The lowest BCUT2D eigenvalue weighted by Crippen LogP contribution is -2.44. The average Bonchev–Trinajstić information content (AvgIpc) is 3.48. The van der Waals surface area contributed by atoms with Gasteiger partial charge in [0.25, 0.3) is 0 Å². The second-order valence-corrected chi connectivity index (χ2v) is 8.98. The van der Waals surface area contributed by atoms with E-state index in [0.29, 0.717) is 25.6 Å². The third kappa shape index (κ3) is 5.53. The second-order valence-electron chi connectivity index (χ2n) is 8.98. The molecule has 186 valence electrons. The first-order valence-electron chi connectivity index (χ1n) is 12.1. The summed E-state index contributed by atoms with van der Waals surface area (Å²) in [4.78, 5) is 31.9. The van der Waals surface area contributed by atoms with E-state index in [1.165, 1.54) is 0 Å². The molecule has 0 aliphatic carbocycles. The smallest absolute Gasteiger partial charge is 0.303 e. The van der Waals surface area contributed by atoms with E-state index in [0.717, 1.165) is 22.4 Å². The number of anilines is 1. The van der Waals surface area contributed by atoms with Gasteiger partial charge in [-0.15, -0.1) is 0 Å². The standard InChI is InChI=1S/C27H28N4O5/c32-23(7-4-8-24(33)34)29-21-15-35-26-22(16-36-25(21)26)31-27-28-14-13-20(30-27)19-11-9-18(10-12-19)17-5-2-1-3-6-17/h1-3,5-6,9-14,21-22,25-26H,4,7-8,15-16H2,(H,29,32)(H,33,34)(H,28,30,31)/t21-,22+,25-,26+/m0/s1. The number of carbonyl (C=O) groups is 2. The molecule has 2 aliphatic heterocycles. The number of fused-ring (bicyclic) bond motifs is 1. The van der Waals surface area contributed by atoms with Crippen LogP contribution in [-0.2, 0) is 19.1 Å². The Bertz CT molecular complexity index is 1200. The molecular weight excluding hydrogens is 460 g/mol. The molecule has 0 radical (unpaired) electrons. The van der Waals surface area contributed by atoms with Crippen LogP contribution in [0.25, 0.3) is 22.4 Å². The SMILES string of the molecule is O=C(O)CCCC(=O)N[C@H]1CO[C@H]2[C@H]1OC[C@H]2Nc1nccc(-c2ccc(-c3ccccc3)cc2)n1. The summed E-state index contributed by atoms with van der Waals surface area (Å²) in [5.41, 5.74) is 4.10. The van der Waals surface area contributed by atoms with Gasteiger partial charge in [0.15, 0.2) is 0 Å². The summed E-state index contributed by atoms with van der Waals surface area (Å²) in [7, 11) is 0. The highest BCUT2D eigenvalue weighted by Crippen LogP contribution is 2.29. The molecule has 9 nitrogen and oxygen atoms in total. The number of ether oxygens (including phenoxy) is 2. The minimum atomic E-state index is -0.907. The van der Waals surface area contributed by atoms with Crippen molar-refractivity contribution in [3.8, 4) is 22.4 Å². The Balaban J connectivity index is 1.19. The highest BCUT2D eigenvalue weighted by atomic mass is 16.6. The first-order chi connectivity index (χ1) is 17.6. The second kappa shape index (κ2) is 10.8. The van der Waals surface area contributed by atoms with Crippen molar-refractivity contribution in [2.24, 2.45) is 0 Å². The zero-order chi connectivity index (χ0) is 24.9. The largest absolute Gasteiger partial charge is 0.481 e. The van der Waals surface area contributed by atoms with Gasteiger partial charge in [-0.1, -0.05) is 54.6 Å². The fourth-order valence-electron chi connectivity index (χ4n) is 4.64. The number of nitrogens with zero attached hydrogens (tertiary/aromatic N) is 2. The number of aliphatic carboxylic acids is 1. The first-order valence-corrected chi connectivity index (χ1v) is 12.1. The van der Waals surface area contributed by atoms with Crippen molar-refractivity contribution < 1.29 is 24.2 Å². The van der Waals surface area contributed by atoms with Gasteiger partial charge < -0.3 is 25.2 Å². The van der Waals surface area contributed by atoms with Crippen molar-refractivity contribution in [2.45, 2.75) is 43.6 Å². The lowest BCUT2D eigenvalue weighted by atomic mass is 10.0. The number of rotatable bonds is 9. The van der Waals surface area contributed by atoms with Crippen LogP contribution in [0.1, 0.15) is 19.3 Å². The van der Waals surface area contributed by atoms with Crippen LogP contribution in [0.4, 0.5) is 5.95 Å². The highest BCUT2D eigenvalue weighted by Gasteiger charge is 2.48. The van der Waals surface area contributed by atoms with E-state index in [1.54, 1.807) is 6.20 Å². The maximum atomic E-state index is 12.2. The monoisotopic (exact) mass is 488 g/mol. The van der Waals surface area contributed by atoms with Gasteiger partial charge in [-0.2, -0.15) is 0 Å². The Morgan fingerprint density at radius 3 is 2.28 bits per heavy atom. The Hall–Kier alpha value is -3.82. The van der Waals surface area contributed by atoms with Crippen molar-refractivity contribution in [1.29, 1.82) is 0 Å². The molecule has 2 aliphatic rings. The van der Waals surface area contributed by atoms with Gasteiger partial charge in [-0.3, -0.25) is 9.59 Å². The van der Waals surface area contributed by atoms with E-state index < -0.39 is 5.97 Å². The molecule has 4 atom stereocenters. The van der Waals surface area contributed by atoms with Crippen molar-refractivity contribution in [3.63, 3.8) is 0 Å². The molecule has 3 N–H and O–H groups in total. The Morgan fingerprint density at radius 2 is 1.53 bits per heavy atom. The highest BCUT2D eigenvalue weighted by molar-refractivity contribution is 5.77. The van der Waals surface area contributed by atoms with Crippen LogP contribution in [0, 0.1) is 0 Å². The predicted octanol–water partition coefficient (Wildman–Crippen LogP) is 3.13. The number of carboxylic acids is 1. The molecule has 1 amide bonds. The van der Waals surface area contributed by atoms with E-state index in [-0.39, 0.29) is 43.0 Å². The Morgan fingerprint density at radius 1 is 0.861 bits per heavy atom. The Kier molecular flexibility index (Phi) is 7.20. The summed E-state index contributed by atoms with van der Waals surface area (Å²) in [5.74, 6) is -0.617. The molecule has 3 aromatic rings. The van der Waals surface area contributed by atoms with Crippen LogP contribution >= 0.6 is 0 Å². The lowest BCUT2D eigenvalue weighted by molar-refractivity contribution is -0.137. The number of carbonyl (C=O) groups excluding carboxylic acids is 1. The fourth-order valence-corrected chi connectivity index (χ4v) is 4.64. The first kappa shape index (κ1) is 23.9. The summed E-state index contributed by atoms with van der Waals surface area (Å²) in [6.07, 6.45) is 1.63. The molecule has 0 bridgehead atoms. The molecule has 5 rings (SSSR count). The molecule has 0 unspecified atom stereocenters.